The molecule has 0 bridgehead atoms. The summed E-state index contributed by atoms with van der Waals surface area (Å²) in [5.74, 6) is 2.67. The van der Waals surface area contributed by atoms with Gasteiger partial charge in [0.2, 0.25) is 5.75 Å². The lowest BCUT2D eigenvalue weighted by Crippen LogP contribution is -2.38. The molecule has 7 heteroatoms. The van der Waals surface area contributed by atoms with E-state index < -0.39 is 0 Å². The van der Waals surface area contributed by atoms with E-state index in [-0.39, 0.29) is 24.0 Å². The monoisotopic (exact) mass is 485 g/mol. The largest absolute Gasteiger partial charge is 0.493 e. The average molecular weight is 485 g/mol. The van der Waals surface area contributed by atoms with E-state index in [2.05, 4.69) is 27.3 Å². The summed E-state index contributed by atoms with van der Waals surface area (Å²) in [6, 6.07) is 14.1. The van der Waals surface area contributed by atoms with Crippen LogP contribution in [-0.2, 0) is 13.1 Å². The van der Waals surface area contributed by atoms with Crippen LogP contribution in [-0.4, -0.2) is 46.3 Å². The fraction of sp³-hybridized carbons (Fsp3) is 0.350. The minimum absolute atomic E-state index is 0. The Labute approximate surface area is 178 Å². The first-order valence-corrected chi connectivity index (χ1v) is 8.38. The molecule has 0 aliphatic heterocycles. The van der Waals surface area contributed by atoms with Gasteiger partial charge in [-0.2, -0.15) is 0 Å². The van der Waals surface area contributed by atoms with Crippen LogP contribution in [0.5, 0.6) is 17.2 Å². The van der Waals surface area contributed by atoms with Gasteiger partial charge < -0.3 is 24.4 Å². The maximum Gasteiger partial charge on any atom is 0.203 e. The Bertz CT molecular complexity index is 739. The Morgan fingerprint density at radius 2 is 1.63 bits per heavy atom. The summed E-state index contributed by atoms with van der Waals surface area (Å²) in [4.78, 5) is 6.44. The van der Waals surface area contributed by atoms with Gasteiger partial charge in [-0.15, -0.1) is 24.0 Å². The molecule has 0 unspecified atom stereocenters. The summed E-state index contributed by atoms with van der Waals surface area (Å²) in [6.07, 6.45) is 0. The van der Waals surface area contributed by atoms with Crippen LogP contribution in [0.2, 0.25) is 0 Å². The van der Waals surface area contributed by atoms with Crippen molar-refractivity contribution in [3.63, 3.8) is 0 Å². The maximum absolute atomic E-state index is 5.53. The molecule has 0 fully saturated rings. The van der Waals surface area contributed by atoms with Gasteiger partial charge in [-0.1, -0.05) is 30.3 Å². The zero-order valence-electron chi connectivity index (χ0n) is 16.5. The number of benzene rings is 2. The number of nitrogens with zero attached hydrogens (tertiary/aromatic N) is 2. The molecule has 0 aliphatic carbocycles. The molecule has 2 rings (SSSR count). The molecule has 6 nitrogen and oxygen atoms in total. The van der Waals surface area contributed by atoms with Gasteiger partial charge >= 0.3 is 0 Å². The van der Waals surface area contributed by atoms with E-state index >= 15 is 0 Å². The molecule has 27 heavy (non-hydrogen) atoms. The second kappa shape index (κ2) is 11.5. The number of nitrogens with one attached hydrogen (secondary N) is 1. The molecule has 0 aliphatic rings. The highest BCUT2D eigenvalue weighted by atomic mass is 127. The topological polar surface area (TPSA) is 55.3 Å². The molecule has 0 atom stereocenters. The first-order chi connectivity index (χ1) is 12.6. The Balaban J connectivity index is 0.00000364. The lowest BCUT2D eigenvalue weighted by molar-refractivity contribution is 0.322. The van der Waals surface area contributed by atoms with E-state index in [1.54, 1.807) is 28.4 Å². The van der Waals surface area contributed by atoms with Gasteiger partial charge in [-0.3, -0.25) is 4.99 Å². The van der Waals surface area contributed by atoms with Gasteiger partial charge in [0.1, 0.15) is 0 Å². The van der Waals surface area contributed by atoms with Crippen molar-refractivity contribution < 1.29 is 14.2 Å². The summed E-state index contributed by atoms with van der Waals surface area (Å²) >= 11 is 0. The molecule has 148 valence electrons. The molecular weight excluding hydrogens is 457 g/mol. The minimum Gasteiger partial charge on any atom is -0.493 e. The van der Waals surface area contributed by atoms with E-state index in [9.17, 15) is 0 Å². The van der Waals surface area contributed by atoms with E-state index in [1.807, 2.05) is 37.4 Å². The normalized spacial score (nSPS) is 10.6. The van der Waals surface area contributed by atoms with Crippen molar-refractivity contribution in [2.75, 3.05) is 35.4 Å². The van der Waals surface area contributed by atoms with E-state index in [4.69, 9.17) is 14.2 Å². The third-order valence-corrected chi connectivity index (χ3v) is 4.06. The van der Waals surface area contributed by atoms with Gasteiger partial charge in [-0.05, 0) is 17.7 Å². The summed E-state index contributed by atoms with van der Waals surface area (Å²) in [5, 5.41) is 3.37. The number of ether oxygens (including phenoxy) is 3. The quantitative estimate of drug-likeness (QED) is 0.370. The van der Waals surface area contributed by atoms with Crippen LogP contribution in [0.3, 0.4) is 0 Å². The Hall–Kier alpha value is -2.16. The van der Waals surface area contributed by atoms with Crippen LogP contribution in [0.4, 0.5) is 0 Å². The van der Waals surface area contributed by atoms with Crippen molar-refractivity contribution in [3.05, 3.63) is 53.6 Å². The highest BCUT2D eigenvalue weighted by molar-refractivity contribution is 14.0. The summed E-state index contributed by atoms with van der Waals surface area (Å²) in [7, 11) is 8.61. The molecule has 0 heterocycles. The maximum atomic E-state index is 5.53. The average Bonchev–Trinajstić information content (AvgIpc) is 2.68. The highest BCUT2D eigenvalue weighted by Crippen LogP contribution is 2.39. The molecule has 0 spiro atoms. The van der Waals surface area contributed by atoms with Crippen LogP contribution in [0.15, 0.2) is 47.5 Å². The molecule has 2 aromatic rings. The van der Waals surface area contributed by atoms with Gasteiger partial charge in [-0.25, -0.2) is 0 Å². The molecule has 0 aromatic heterocycles. The van der Waals surface area contributed by atoms with Gasteiger partial charge in [0.15, 0.2) is 17.5 Å². The van der Waals surface area contributed by atoms with Gasteiger partial charge in [0.05, 0.1) is 21.3 Å². The molecule has 2 aromatic carbocycles. The lowest BCUT2D eigenvalue weighted by atomic mass is 10.1. The minimum atomic E-state index is 0. The van der Waals surface area contributed by atoms with Crippen molar-refractivity contribution >= 4 is 29.9 Å². The SMILES string of the molecule is CN=C(NCc1ccc(OC)c(OC)c1OC)N(C)Cc1ccccc1.I. The number of hydrogen-bond acceptors (Lipinski definition) is 4. The summed E-state index contributed by atoms with van der Waals surface area (Å²) in [6.45, 7) is 1.32. The van der Waals surface area contributed by atoms with E-state index in [0.29, 0.717) is 23.8 Å². The fourth-order valence-corrected chi connectivity index (χ4v) is 2.79. The van der Waals surface area contributed by atoms with E-state index in [0.717, 1.165) is 18.1 Å². The third-order valence-electron chi connectivity index (χ3n) is 4.06. The van der Waals surface area contributed by atoms with E-state index in [1.165, 1.54) is 5.56 Å². The summed E-state index contributed by atoms with van der Waals surface area (Å²) in [5.41, 5.74) is 2.18. The first kappa shape index (κ1) is 22.9. The van der Waals surface area contributed by atoms with Crippen LogP contribution < -0.4 is 19.5 Å². The number of halogens is 1. The fourth-order valence-electron chi connectivity index (χ4n) is 2.79. The zero-order chi connectivity index (χ0) is 18.9. The standard InChI is InChI=1S/C20H27N3O3.HI/c1-21-20(23(2)14-15-9-7-6-8-10-15)22-13-16-11-12-17(24-3)19(26-5)18(16)25-4;/h6-12H,13-14H2,1-5H3,(H,21,22);1H. The van der Waals surface area contributed by atoms with Crippen molar-refractivity contribution in [2.24, 2.45) is 4.99 Å². The van der Waals surface area contributed by atoms with Gasteiger partial charge in [0.25, 0.3) is 0 Å². The summed E-state index contributed by atoms with van der Waals surface area (Å²) < 4.78 is 16.3. The van der Waals surface area contributed by atoms with Gasteiger partial charge in [0, 0.05) is 32.7 Å². The van der Waals surface area contributed by atoms with Crippen LogP contribution in [0, 0.1) is 0 Å². The molecule has 0 saturated heterocycles. The highest BCUT2D eigenvalue weighted by Gasteiger charge is 2.16. The Morgan fingerprint density at radius 1 is 0.963 bits per heavy atom. The van der Waals surface area contributed by atoms with Crippen molar-refractivity contribution in [1.29, 1.82) is 0 Å². The van der Waals surface area contributed by atoms with Crippen LogP contribution >= 0.6 is 24.0 Å². The molecule has 0 radical (unpaired) electrons. The lowest BCUT2D eigenvalue weighted by Gasteiger charge is -2.23. The number of hydrogen-bond donors (Lipinski definition) is 1. The zero-order valence-corrected chi connectivity index (χ0v) is 18.8. The van der Waals surface area contributed by atoms with Crippen LogP contribution in [0.1, 0.15) is 11.1 Å². The second-order valence-corrected chi connectivity index (χ2v) is 5.74. The molecule has 0 saturated carbocycles. The Kier molecular flexibility index (Phi) is 9.77. The predicted molar refractivity (Wildman–Crippen MR) is 120 cm³/mol. The molecule has 0 amide bonds. The van der Waals surface area contributed by atoms with Crippen molar-refractivity contribution in [2.45, 2.75) is 13.1 Å². The smallest absolute Gasteiger partial charge is 0.203 e. The van der Waals surface area contributed by atoms with Crippen LogP contribution in [0.25, 0.3) is 0 Å². The second-order valence-electron chi connectivity index (χ2n) is 5.74. The molecule has 1 N–H and O–H groups in total. The predicted octanol–water partition coefficient (Wildman–Crippen LogP) is 3.54. The molecular formula is C20H28IN3O3. The first-order valence-electron chi connectivity index (χ1n) is 8.38. The number of rotatable bonds is 7. The number of methoxy groups -OCH3 is 3. The number of aliphatic imine (C=N–C) groups is 1. The van der Waals surface area contributed by atoms with Crippen molar-refractivity contribution in [1.82, 2.24) is 10.2 Å². The van der Waals surface area contributed by atoms with Crippen molar-refractivity contribution in [3.8, 4) is 17.2 Å². The Morgan fingerprint density at radius 3 is 2.19 bits per heavy atom. The number of guanidine groups is 1. The third kappa shape index (κ3) is 5.92.